The molecule has 0 bridgehead atoms. The first kappa shape index (κ1) is 15.9. The van der Waals surface area contributed by atoms with Crippen molar-refractivity contribution in [2.75, 3.05) is 19.6 Å². The highest BCUT2D eigenvalue weighted by molar-refractivity contribution is 5.78. The third kappa shape index (κ3) is 7.74. The van der Waals surface area contributed by atoms with Crippen LogP contribution in [0.1, 0.15) is 40.5 Å². The van der Waals surface area contributed by atoms with Crippen molar-refractivity contribution in [3.8, 4) is 0 Å². The second-order valence-electron chi connectivity index (χ2n) is 4.80. The lowest BCUT2D eigenvalue weighted by atomic mass is 10.0. The van der Waals surface area contributed by atoms with Gasteiger partial charge in [-0.1, -0.05) is 13.8 Å². The van der Waals surface area contributed by atoms with Crippen molar-refractivity contribution >= 4 is 11.9 Å². The van der Waals surface area contributed by atoms with Gasteiger partial charge in [0.2, 0.25) is 5.91 Å². The summed E-state index contributed by atoms with van der Waals surface area (Å²) in [6, 6.07) is 0. The minimum absolute atomic E-state index is 0.0518. The van der Waals surface area contributed by atoms with E-state index in [2.05, 4.69) is 5.32 Å². The Bertz CT molecular complexity index is 264. The van der Waals surface area contributed by atoms with Gasteiger partial charge in [-0.3, -0.25) is 14.5 Å². The second-order valence-corrected chi connectivity index (χ2v) is 4.80. The normalized spacial score (nSPS) is 11.6. The number of amides is 1. The van der Waals surface area contributed by atoms with Gasteiger partial charge in [0.15, 0.2) is 0 Å². The van der Waals surface area contributed by atoms with Gasteiger partial charge < -0.3 is 10.4 Å². The Kier molecular flexibility index (Phi) is 6.80. The summed E-state index contributed by atoms with van der Waals surface area (Å²) in [4.78, 5) is 24.0. The minimum atomic E-state index is -0.835. The van der Waals surface area contributed by atoms with Gasteiger partial charge in [-0.25, -0.2) is 0 Å². The van der Waals surface area contributed by atoms with Gasteiger partial charge in [-0.05, 0) is 26.8 Å². The molecular formula is C12H24N2O3. The van der Waals surface area contributed by atoms with Crippen LogP contribution in [-0.4, -0.2) is 47.1 Å². The Morgan fingerprint density at radius 3 is 2.29 bits per heavy atom. The molecule has 2 N–H and O–H groups in total. The van der Waals surface area contributed by atoms with Crippen LogP contribution in [-0.2, 0) is 9.59 Å². The lowest BCUT2D eigenvalue weighted by Crippen LogP contribution is -2.47. The van der Waals surface area contributed by atoms with E-state index in [0.717, 1.165) is 6.42 Å². The molecule has 5 nitrogen and oxygen atoms in total. The van der Waals surface area contributed by atoms with Gasteiger partial charge in [-0.2, -0.15) is 0 Å². The maximum Gasteiger partial charge on any atom is 0.304 e. The molecule has 0 saturated heterocycles. The van der Waals surface area contributed by atoms with Crippen LogP contribution in [0.15, 0.2) is 0 Å². The average Bonchev–Trinajstić information content (AvgIpc) is 2.23. The predicted molar refractivity (Wildman–Crippen MR) is 66.9 cm³/mol. The molecule has 0 heterocycles. The quantitative estimate of drug-likeness (QED) is 0.670. The molecule has 0 rings (SSSR count). The summed E-state index contributed by atoms with van der Waals surface area (Å²) in [5, 5.41) is 11.5. The van der Waals surface area contributed by atoms with Crippen molar-refractivity contribution in [1.29, 1.82) is 0 Å². The Morgan fingerprint density at radius 1 is 1.29 bits per heavy atom. The van der Waals surface area contributed by atoms with E-state index in [1.165, 1.54) is 0 Å². The van der Waals surface area contributed by atoms with E-state index in [1.807, 2.05) is 32.6 Å². The molecule has 0 aliphatic heterocycles. The van der Waals surface area contributed by atoms with Crippen LogP contribution < -0.4 is 5.32 Å². The van der Waals surface area contributed by atoms with Crippen molar-refractivity contribution < 1.29 is 14.7 Å². The molecular weight excluding hydrogens is 220 g/mol. The zero-order chi connectivity index (χ0) is 13.5. The summed E-state index contributed by atoms with van der Waals surface area (Å²) >= 11 is 0. The highest BCUT2D eigenvalue weighted by atomic mass is 16.4. The molecule has 0 aromatic heterocycles. The van der Waals surface area contributed by atoms with Crippen LogP contribution in [0, 0.1) is 0 Å². The number of carboxylic acids is 1. The molecule has 0 aromatic rings. The zero-order valence-corrected chi connectivity index (χ0v) is 11.2. The smallest absolute Gasteiger partial charge is 0.304 e. The van der Waals surface area contributed by atoms with E-state index in [-0.39, 0.29) is 24.4 Å². The largest absolute Gasteiger partial charge is 0.481 e. The van der Waals surface area contributed by atoms with Crippen LogP contribution >= 0.6 is 0 Å². The SMILES string of the molecule is CCN(CCC(=O)O)CC(=O)NC(C)(C)CC. The summed E-state index contributed by atoms with van der Waals surface area (Å²) in [7, 11) is 0. The molecule has 17 heavy (non-hydrogen) atoms. The molecule has 0 atom stereocenters. The van der Waals surface area contributed by atoms with E-state index in [9.17, 15) is 9.59 Å². The number of hydrogen-bond donors (Lipinski definition) is 2. The fraction of sp³-hybridized carbons (Fsp3) is 0.833. The first-order valence-electron chi connectivity index (χ1n) is 6.06. The summed E-state index contributed by atoms with van der Waals surface area (Å²) in [5.41, 5.74) is -0.205. The van der Waals surface area contributed by atoms with Crippen LogP contribution in [0.5, 0.6) is 0 Å². The Morgan fingerprint density at radius 2 is 1.88 bits per heavy atom. The standard InChI is InChI=1S/C12H24N2O3/c1-5-12(3,4)13-10(15)9-14(6-2)8-7-11(16)17/h5-9H2,1-4H3,(H,13,15)(H,16,17). The van der Waals surface area contributed by atoms with Gasteiger partial charge >= 0.3 is 5.97 Å². The number of aliphatic carboxylic acids is 1. The van der Waals surface area contributed by atoms with Gasteiger partial charge in [0.05, 0.1) is 13.0 Å². The third-order valence-electron chi connectivity index (χ3n) is 2.82. The predicted octanol–water partition coefficient (Wildman–Crippen LogP) is 1.09. The van der Waals surface area contributed by atoms with Crippen LogP contribution in [0.2, 0.25) is 0 Å². The van der Waals surface area contributed by atoms with E-state index in [0.29, 0.717) is 13.1 Å². The van der Waals surface area contributed by atoms with Gasteiger partial charge in [0, 0.05) is 12.1 Å². The van der Waals surface area contributed by atoms with Crippen molar-refractivity contribution in [2.24, 2.45) is 0 Å². The molecule has 5 heteroatoms. The molecule has 0 aliphatic carbocycles. The van der Waals surface area contributed by atoms with E-state index >= 15 is 0 Å². The number of nitrogens with zero attached hydrogens (tertiary/aromatic N) is 1. The highest BCUT2D eigenvalue weighted by Crippen LogP contribution is 2.06. The molecule has 0 aromatic carbocycles. The molecule has 100 valence electrons. The summed E-state index contributed by atoms with van der Waals surface area (Å²) in [5.74, 6) is -0.887. The lowest BCUT2D eigenvalue weighted by Gasteiger charge is -2.27. The summed E-state index contributed by atoms with van der Waals surface area (Å²) in [6.45, 7) is 9.21. The van der Waals surface area contributed by atoms with Crippen molar-refractivity contribution in [3.63, 3.8) is 0 Å². The molecule has 0 fully saturated rings. The molecule has 1 amide bonds. The lowest BCUT2D eigenvalue weighted by molar-refractivity contribution is -0.137. The minimum Gasteiger partial charge on any atom is -0.481 e. The first-order chi connectivity index (χ1) is 7.80. The van der Waals surface area contributed by atoms with Gasteiger partial charge in [-0.15, -0.1) is 0 Å². The Labute approximate surface area is 103 Å². The maximum atomic E-state index is 11.7. The number of carbonyl (C=O) groups excluding carboxylic acids is 1. The summed E-state index contributed by atoms with van der Waals surface area (Å²) in [6.07, 6.45) is 0.929. The van der Waals surface area contributed by atoms with E-state index in [4.69, 9.17) is 5.11 Å². The van der Waals surface area contributed by atoms with Gasteiger partial charge in [0.1, 0.15) is 0 Å². The molecule has 0 radical (unpaired) electrons. The van der Waals surface area contributed by atoms with Crippen molar-refractivity contribution in [1.82, 2.24) is 10.2 Å². The topological polar surface area (TPSA) is 69.6 Å². The average molecular weight is 244 g/mol. The molecule has 0 saturated carbocycles. The number of rotatable bonds is 8. The van der Waals surface area contributed by atoms with Crippen LogP contribution in [0.25, 0.3) is 0 Å². The van der Waals surface area contributed by atoms with E-state index in [1.54, 1.807) is 0 Å². The maximum absolute atomic E-state index is 11.7. The number of nitrogens with one attached hydrogen (secondary N) is 1. The number of carbonyl (C=O) groups is 2. The third-order valence-corrected chi connectivity index (χ3v) is 2.82. The number of likely N-dealkylation sites (N-methyl/N-ethyl adjacent to an activating group) is 1. The highest BCUT2D eigenvalue weighted by Gasteiger charge is 2.19. The molecule has 0 aliphatic rings. The van der Waals surface area contributed by atoms with Crippen molar-refractivity contribution in [3.05, 3.63) is 0 Å². The van der Waals surface area contributed by atoms with Crippen LogP contribution in [0.3, 0.4) is 0 Å². The van der Waals surface area contributed by atoms with E-state index < -0.39 is 5.97 Å². The van der Waals surface area contributed by atoms with Crippen molar-refractivity contribution in [2.45, 2.75) is 46.1 Å². The monoisotopic (exact) mass is 244 g/mol. The Hall–Kier alpha value is -1.10. The number of hydrogen-bond acceptors (Lipinski definition) is 3. The fourth-order valence-electron chi connectivity index (χ4n) is 1.31. The fourth-order valence-corrected chi connectivity index (χ4v) is 1.31. The second kappa shape index (κ2) is 7.27. The van der Waals surface area contributed by atoms with Crippen LogP contribution in [0.4, 0.5) is 0 Å². The Balaban J connectivity index is 4.10. The molecule has 0 spiro atoms. The molecule has 0 unspecified atom stereocenters. The zero-order valence-electron chi connectivity index (χ0n) is 11.2. The summed E-state index contributed by atoms with van der Waals surface area (Å²) < 4.78 is 0. The first-order valence-corrected chi connectivity index (χ1v) is 6.06. The number of carboxylic acid groups (broad SMARTS) is 1. The van der Waals surface area contributed by atoms with Gasteiger partial charge in [0.25, 0.3) is 0 Å².